The molecule has 2 aromatic carbocycles. The largest absolute Gasteiger partial charge is 0.503 e. The van der Waals surface area contributed by atoms with Crippen LogP contribution >= 0.6 is 34.8 Å². The minimum atomic E-state index is -1.61. The van der Waals surface area contributed by atoms with Gasteiger partial charge >= 0.3 is 0 Å². The van der Waals surface area contributed by atoms with Gasteiger partial charge in [0.1, 0.15) is 0 Å². The molecule has 1 N–H and O–H groups in total. The average molecular weight is 344 g/mol. The molecule has 0 saturated heterocycles. The summed E-state index contributed by atoms with van der Waals surface area (Å²) in [5, 5.41) is 9.07. The molecule has 0 heterocycles. The van der Waals surface area contributed by atoms with Gasteiger partial charge < -0.3 is 9.84 Å². The lowest BCUT2D eigenvalue weighted by Gasteiger charge is -2.12. The Morgan fingerprint density at radius 2 is 1.40 bits per heavy atom. The van der Waals surface area contributed by atoms with Crippen molar-refractivity contribution in [3.8, 4) is 17.2 Å². The average Bonchev–Trinajstić information content (AvgIpc) is 2.34. The fourth-order valence-corrected chi connectivity index (χ4v) is 2.28. The van der Waals surface area contributed by atoms with Gasteiger partial charge in [-0.3, -0.25) is 0 Å². The molecule has 0 saturated carbocycles. The summed E-state index contributed by atoms with van der Waals surface area (Å²) in [6, 6.07) is 2.75. The summed E-state index contributed by atoms with van der Waals surface area (Å²) in [6.07, 6.45) is 0. The summed E-state index contributed by atoms with van der Waals surface area (Å²) >= 11 is 17.2. The molecule has 8 heteroatoms. The van der Waals surface area contributed by atoms with Crippen LogP contribution in [0.15, 0.2) is 18.2 Å². The predicted molar refractivity (Wildman–Crippen MR) is 69.5 cm³/mol. The SMILES string of the molecule is Oc1c(F)cc(F)c(Oc2c(Cl)cc(Cl)cc2Cl)c1F. The maximum absolute atomic E-state index is 13.6. The maximum atomic E-state index is 13.6. The van der Waals surface area contributed by atoms with Crippen LogP contribution in [0.1, 0.15) is 0 Å². The van der Waals surface area contributed by atoms with Gasteiger partial charge in [-0.25, -0.2) is 8.78 Å². The number of hydrogen-bond donors (Lipinski definition) is 1. The quantitative estimate of drug-likeness (QED) is 0.773. The van der Waals surface area contributed by atoms with Gasteiger partial charge in [-0.1, -0.05) is 34.8 Å². The second-order valence-electron chi connectivity index (χ2n) is 3.63. The summed E-state index contributed by atoms with van der Waals surface area (Å²) < 4.78 is 44.9. The van der Waals surface area contributed by atoms with E-state index in [1.165, 1.54) is 12.1 Å². The molecule has 0 spiro atoms. The van der Waals surface area contributed by atoms with Crippen molar-refractivity contribution in [2.24, 2.45) is 0 Å². The monoisotopic (exact) mass is 342 g/mol. The van der Waals surface area contributed by atoms with Crippen LogP contribution in [0.3, 0.4) is 0 Å². The Morgan fingerprint density at radius 3 is 1.95 bits per heavy atom. The van der Waals surface area contributed by atoms with Crippen LogP contribution in [-0.2, 0) is 0 Å². The standard InChI is InChI=1S/C12H4Cl3F3O2/c13-4-1-5(14)11(6(15)2-4)20-12-8(17)3-7(16)10(19)9(12)18/h1-3,19H. The van der Waals surface area contributed by atoms with E-state index >= 15 is 0 Å². The Bertz CT molecular complexity index is 669. The summed E-state index contributed by atoms with van der Waals surface area (Å²) in [4.78, 5) is 0. The molecule has 0 unspecified atom stereocenters. The summed E-state index contributed by atoms with van der Waals surface area (Å²) in [6.45, 7) is 0. The molecule has 0 aliphatic rings. The molecule has 0 aliphatic carbocycles. The Balaban J connectivity index is 2.54. The van der Waals surface area contributed by atoms with Gasteiger partial charge in [0, 0.05) is 11.1 Å². The van der Waals surface area contributed by atoms with Gasteiger partial charge in [0.15, 0.2) is 23.1 Å². The number of phenols is 1. The molecule has 0 aromatic heterocycles. The van der Waals surface area contributed by atoms with Crippen molar-refractivity contribution < 1.29 is 23.0 Å². The third-order valence-electron chi connectivity index (χ3n) is 2.27. The maximum Gasteiger partial charge on any atom is 0.213 e. The number of ether oxygens (including phenoxy) is 1. The van der Waals surface area contributed by atoms with E-state index in [1.807, 2.05) is 0 Å². The first-order valence-electron chi connectivity index (χ1n) is 5.00. The Labute approximate surface area is 126 Å². The van der Waals surface area contributed by atoms with Gasteiger partial charge in [-0.2, -0.15) is 4.39 Å². The van der Waals surface area contributed by atoms with Crippen molar-refractivity contribution >= 4 is 34.8 Å². The van der Waals surface area contributed by atoms with Crippen molar-refractivity contribution in [3.05, 3.63) is 50.7 Å². The lowest BCUT2D eigenvalue weighted by molar-refractivity contribution is 0.353. The number of hydrogen-bond acceptors (Lipinski definition) is 2. The lowest BCUT2D eigenvalue weighted by Crippen LogP contribution is -1.96. The van der Waals surface area contributed by atoms with E-state index in [-0.39, 0.29) is 26.9 Å². The number of benzene rings is 2. The van der Waals surface area contributed by atoms with Crippen molar-refractivity contribution in [2.75, 3.05) is 0 Å². The van der Waals surface area contributed by atoms with E-state index in [2.05, 4.69) is 0 Å². The highest BCUT2D eigenvalue weighted by Gasteiger charge is 2.22. The molecule has 0 radical (unpaired) electrons. The normalized spacial score (nSPS) is 10.7. The van der Waals surface area contributed by atoms with E-state index in [4.69, 9.17) is 44.6 Å². The molecule has 0 fully saturated rings. The fourth-order valence-electron chi connectivity index (χ4n) is 1.38. The molecule has 0 bridgehead atoms. The topological polar surface area (TPSA) is 29.5 Å². The molecule has 106 valence electrons. The van der Waals surface area contributed by atoms with E-state index in [1.54, 1.807) is 0 Å². The zero-order chi connectivity index (χ0) is 15.0. The van der Waals surface area contributed by atoms with Crippen LogP contribution in [-0.4, -0.2) is 5.11 Å². The molecule has 0 amide bonds. The molecule has 2 rings (SSSR count). The summed E-state index contributed by atoms with van der Waals surface area (Å²) in [5.41, 5.74) is 0. The summed E-state index contributed by atoms with van der Waals surface area (Å²) in [7, 11) is 0. The highest BCUT2D eigenvalue weighted by Crippen LogP contribution is 2.41. The molecule has 0 aliphatic heterocycles. The van der Waals surface area contributed by atoms with Gasteiger partial charge in [0.05, 0.1) is 10.0 Å². The van der Waals surface area contributed by atoms with Crippen LogP contribution in [0.5, 0.6) is 17.2 Å². The number of aromatic hydroxyl groups is 1. The molecule has 2 aromatic rings. The number of rotatable bonds is 2. The van der Waals surface area contributed by atoms with E-state index in [9.17, 15) is 13.2 Å². The third kappa shape index (κ3) is 2.75. The van der Waals surface area contributed by atoms with Crippen LogP contribution in [0.2, 0.25) is 15.1 Å². The first kappa shape index (κ1) is 15.1. The summed E-state index contributed by atoms with van der Waals surface area (Å²) in [5.74, 6) is -7.11. The molecule has 0 atom stereocenters. The van der Waals surface area contributed by atoms with Gasteiger partial charge in [0.25, 0.3) is 0 Å². The number of phenolic OH excluding ortho intramolecular Hbond substituents is 1. The molecule has 2 nitrogen and oxygen atoms in total. The molecular formula is C12H4Cl3F3O2. The van der Waals surface area contributed by atoms with E-state index in [0.717, 1.165) is 0 Å². The van der Waals surface area contributed by atoms with Crippen molar-refractivity contribution in [1.29, 1.82) is 0 Å². The van der Waals surface area contributed by atoms with Crippen LogP contribution in [0, 0.1) is 17.5 Å². The third-order valence-corrected chi connectivity index (χ3v) is 3.05. The van der Waals surface area contributed by atoms with Gasteiger partial charge in [-0.15, -0.1) is 0 Å². The second-order valence-corrected chi connectivity index (χ2v) is 4.88. The Morgan fingerprint density at radius 1 is 0.850 bits per heavy atom. The highest BCUT2D eigenvalue weighted by molar-refractivity contribution is 6.40. The lowest BCUT2D eigenvalue weighted by atomic mass is 10.2. The van der Waals surface area contributed by atoms with Crippen molar-refractivity contribution in [1.82, 2.24) is 0 Å². The van der Waals surface area contributed by atoms with Crippen molar-refractivity contribution in [2.45, 2.75) is 0 Å². The smallest absolute Gasteiger partial charge is 0.213 e. The molecule has 20 heavy (non-hydrogen) atoms. The van der Waals surface area contributed by atoms with E-state index in [0.29, 0.717) is 0 Å². The van der Waals surface area contributed by atoms with Crippen molar-refractivity contribution in [3.63, 3.8) is 0 Å². The molecular weight excluding hydrogens is 339 g/mol. The van der Waals surface area contributed by atoms with Gasteiger partial charge in [-0.05, 0) is 12.1 Å². The predicted octanol–water partition coefficient (Wildman–Crippen LogP) is 5.56. The fraction of sp³-hybridized carbons (Fsp3) is 0. The zero-order valence-electron chi connectivity index (χ0n) is 9.36. The van der Waals surface area contributed by atoms with Gasteiger partial charge in [0.2, 0.25) is 11.6 Å². The number of halogens is 6. The highest BCUT2D eigenvalue weighted by atomic mass is 35.5. The minimum Gasteiger partial charge on any atom is -0.503 e. The second kappa shape index (κ2) is 5.60. The minimum absolute atomic E-state index is 0.106. The first-order valence-corrected chi connectivity index (χ1v) is 6.13. The van der Waals surface area contributed by atoms with Crippen LogP contribution in [0.4, 0.5) is 13.2 Å². The van der Waals surface area contributed by atoms with Crippen LogP contribution in [0.25, 0.3) is 0 Å². The van der Waals surface area contributed by atoms with E-state index < -0.39 is 29.0 Å². The Kier molecular flexibility index (Phi) is 4.22. The first-order chi connectivity index (χ1) is 9.31. The van der Waals surface area contributed by atoms with Crippen LogP contribution < -0.4 is 4.74 Å². The Hall–Kier alpha value is -1.30. The zero-order valence-corrected chi connectivity index (χ0v) is 11.6.